The Balaban J connectivity index is 2.34. The number of rotatable bonds is 3. The van der Waals surface area contributed by atoms with E-state index in [1.165, 1.54) is 0 Å². The lowest BCUT2D eigenvalue weighted by Crippen LogP contribution is -1.83. The molecule has 0 unspecified atom stereocenters. The fraction of sp³-hybridized carbons (Fsp3) is 0.0714. The third kappa shape index (κ3) is 2.22. The summed E-state index contributed by atoms with van der Waals surface area (Å²) in [6.45, 7) is 0.604. The van der Waals surface area contributed by atoms with E-state index in [0.717, 1.165) is 16.9 Å². The van der Waals surface area contributed by atoms with Crippen LogP contribution in [0.3, 0.4) is 0 Å². The van der Waals surface area contributed by atoms with Crippen LogP contribution in [-0.4, -0.2) is 7.11 Å². The van der Waals surface area contributed by atoms with Crippen LogP contribution in [-0.2, 0) is 0 Å². The SMILES string of the molecule is COc1ccc(-c2cccc([CH]F)c2)cc1. The van der Waals surface area contributed by atoms with Crippen LogP contribution < -0.4 is 4.74 Å². The molecular weight excluding hydrogens is 203 g/mol. The highest BCUT2D eigenvalue weighted by Gasteiger charge is 1.99. The molecule has 0 saturated carbocycles. The van der Waals surface area contributed by atoms with Crippen LogP contribution in [0.4, 0.5) is 4.39 Å². The van der Waals surface area contributed by atoms with Crippen LogP contribution in [0.5, 0.6) is 5.75 Å². The lowest BCUT2D eigenvalue weighted by molar-refractivity contribution is 0.415. The monoisotopic (exact) mass is 215 g/mol. The van der Waals surface area contributed by atoms with E-state index >= 15 is 0 Å². The number of benzene rings is 2. The Labute approximate surface area is 94.5 Å². The Morgan fingerprint density at radius 2 is 1.75 bits per heavy atom. The molecule has 2 aromatic carbocycles. The summed E-state index contributed by atoms with van der Waals surface area (Å²) in [7, 11) is 1.63. The molecule has 0 heterocycles. The largest absolute Gasteiger partial charge is 0.497 e. The van der Waals surface area contributed by atoms with Crippen LogP contribution in [0.25, 0.3) is 11.1 Å². The van der Waals surface area contributed by atoms with E-state index in [1.54, 1.807) is 13.2 Å². The molecule has 1 radical (unpaired) electrons. The van der Waals surface area contributed by atoms with Crippen LogP contribution in [0.2, 0.25) is 0 Å². The van der Waals surface area contributed by atoms with E-state index in [2.05, 4.69) is 0 Å². The summed E-state index contributed by atoms with van der Waals surface area (Å²) < 4.78 is 17.5. The normalized spacial score (nSPS) is 10.1. The maximum absolute atomic E-state index is 12.4. The average molecular weight is 215 g/mol. The van der Waals surface area contributed by atoms with E-state index in [4.69, 9.17) is 4.74 Å². The van der Waals surface area contributed by atoms with Crippen molar-refractivity contribution in [1.29, 1.82) is 0 Å². The van der Waals surface area contributed by atoms with E-state index in [1.807, 2.05) is 42.5 Å². The second-order valence-electron chi connectivity index (χ2n) is 3.46. The van der Waals surface area contributed by atoms with Gasteiger partial charge in [0, 0.05) is 0 Å². The maximum atomic E-state index is 12.4. The van der Waals surface area contributed by atoms with Crippen molar-refractivity contribution in [3.05, 3.63) is 60.8 Å². The number of ether oxygens (including phenoxy) is 1. The predicted octanol–water partition coefficient (Wildman–Crippen LogP) is 3.84. The number of halogens is 1. The van der Waals surface area contributed by atoms with Crippen molar-refractivity contribution in [3.8, 4) is 16.9 Å². The molecule has 2 aromatic rings. The quantitative estimate of drug-likeness (QED) is 0.755. The molecular formula is C14H12FO. The highest BCUT2D eigenvalue weighted by Crippen LogP contribution is 2.23. The Kier molecular flexibility index (Phi) is 3.20. The summed E-state index contributed by atoms with van der Waals surface area (Å²) in [6.07, 6.45) is 0. The van der Waals surface area contributed by atoms with Crippen LogP contribution >= 0.6 is 0 Å². The summed E-state index contributed by atoms with van der Waals surface area (Å²) in [6, 6.07) is 15.0. The van der Waals surface area contributed by atoms with E-state index in [9.17, 15) is 4.39 Å². The van der Waals surface area contributed by atoms with Gasteiger partial charge in [-0.05, 0) is 34.9 Å². The molecule has 2 rings (SSSR count). The molecule has 81 valence electrons. The second kappa shape index (κ2) is 4.79. The van der Waals surface area contributed by atoms with Gasteiger partial charge in [0.15, 0.2) is 6.67 Å². The van der Waals surface area contributed by atoms with Gasteiger partial charge in [0.05, 0.1) is 7.11 Å². The molecule has 0 aromatic heterocycles. The topological polar surface area (TPSA) is 9.23 Å². The highest BCUT2D eigenvalue weighted by atomic mass is 19.1. The van der Waals surface area contributed by atoms with E-state index < -0.39 is 0 Å². The Morgan fingerprint density at radius 1 is 1.00 bits per heavy atom. The smallest absolute Gasteiger partial charge is 0.160 e. The summed E-state index contributed by atoms with van der Waals surface area (Å²) in [5.41, 5.74) is 2.62. The molecule has 2 heteroatoms. The summed E-state index contributed by atoms with van der Waals surface area (Å²) >= 11 is 0. The molecule has 0 N–H and O–H groups in total. The van der Waals surface area contributed by atoms with Crippen LogP contribution in [0.1, 0.15) is 5.56 Å². The Hall–Kier alpha value is -1.83. The van der Waals surface area contributed by atoms with E-state index in [0.29, 0.717) is 12.2 Å². The Bertz CT molecular complexity index is 462. The highest BCUT2D eigenvalue weighted by molar-refractivity contribution is 5.65. The van der Waals surface area contributed by atoms with Gasteiger partial charge in [-0.2, -0.15) is 0 Å². The first-order chi connectivity index (χ1) is 7.83. The van der Waals surface area contributed by atoms with Gasteiger partial charge >= 0.3 is 0 Å². The maximum Gasteiger partial charge on any atom is 0.160 e. The minimum atomic E-state index is 0.577. The van der Waals surface area contributed by atoms with Gasteiger partial charge in [-0.3, -0.25) is 0 Å². The molecule has 0 aliphatic heterocycles. The van der Waals surface area contributed by atoms with Gasteiger partial charge in [0.25, 0.3) is 0 Å². The third-order valence-electron chi connectivity index (χ3n) is 2.44. The minimum absolute atomic E-state index is 0.577. The van der Waals surface area contributed by atoms with Gasteiger partial charge in [-0.25, -0.2) is 4.39 Å². The van der Waals surface area contributed by atoms with E-state index in [-0.39, 0.29) is 0 Å². The van der Waals surface area contributed by atoms with Crippen molar-refractivity contribution in [2.75, 3.05) is 7.11 Å². The van der Waals surface area contributed by atoms with Crippen molar-refractivity contribution in [2.45, 2.75) is 0 Å². The zero-order chi connectivity index (χ0) is 11.4. The Morgan fingerprint density at radius 3 is 2.38 bits per heavy atom. The van der Waals surface area contributed by atoms with Gasteiger partial charge in [-0.1, -0.05) is 30.3 Å². The lowest BCUT2D eigenvalue weighted by Gasteiger charge is -2.04. The molecule has 1 nitrogen and oxygen atoms in total. The molecule has 16 heavy (non-hydrogen) atoms. The molecule has 0 amide bonds. The fourth-order valence-corrected chi connectivity index (χ4v) is 1.57. The summed E-state index contributed by atoms with van der Waals surface area (Å²) in [5.74, 6) is 0.817. The number of hydrogen-bond donors (Lipinski definition) is 0. The fourth-order valence-electron chi connectivity index (χ4n) is 1.57. The molecule has 0 spiro atoms. The summed E-state index contributed by atoms with van der Waals surface area (Å²) in [5, 5.41) is 0. The van der Waals surface area contributed by atoms with Crippen molar-refractivity contribution >= 4 is 0 Å². The first kappa shape index (κ1) is 10.7. The molecule has 0 saturated heterocycles. The van der Waals surface area contributed by atoms with Crippen molar-refractivity contribution in [1.82, 2.24) is 0 Å². The van der Waals surface area contributed by atoms with Gasteiger partial charge < -0.3 is 4.74 Å². The van der Waals surface area contributed by atoms with Crippen molar-refractivity contribution < 1.29 is 9.13 Å². The zero-order valence-electron chi connectivity index (χ0n) is 8.98. The average Bonchev–Trinajstić information content (AvgIpc) is 2.39. The lowest BCUT2D eigenvalue weighted by atomic mass is 10.0. The second-order valence-corrected chi connectivity index (χ2v) is 3.46. The van der Waals surface area contributed by atoms with Crippen molar-refractivity contribution in [2.24, 2.45) is 0 Å². The van der Waals surface area contributed by atoms with Crippen molar-refractivity contribution in [3.63, 3.8) is 0 Å². The van der Waals surface area contributed by atoms with Crippen LogP contribution in [0, 0.1) is 6.67 Å². The minimum Gasteiger partial charge on any atom is -0.497 e. The molecule has 0 aliphatic rings. The predicted molar refractivity (Wildman–Crippen MR) is 62.9 cm³/mol. The third-order valence-corrected chi connectivity index (χ3v) is 2.44. The van der Waals surface area contributed by atoms with Gasteiger partial charge in [-0.15, -0.1) is 0 Å². The summed E-state index contributed by atoms with van der Waals surface area (Å²) in [4.78, 5) is 0. The molecule has 0 aliphatic carbocycles. The molecule has 0 bridgehead atoms. The molecule has 0 atom stereocenters. The number of methoxy groups -OCH3 is 1. The standard InChI is InChI=1S/C14H12FO/c1-16-14-7-5-12(6-8-14)13-4-2-3-11(9-13)10-15/h2-10H,1H3. The zero-order valence-corrected chi connectivity index (χ0v) is 8.98. The van der Waals surface area contributed by atoms with Crippen LogP contribution in [0.15, 0.2) is 48.5 Å². The van der Waals surface area contributed by atoms with Gasteiger partial charge in [0.2, 0.25) is 0 Å². The number of hydrogen-bond acceptors (Lipinski definition) is 1. The first-order valence-electron chi connectivity index (χ1n) is 5.01. The first-order valence-corrected chi connectivity index (χ1v) is 5.01. The molecule has 0 fully saturated rings. The van der Waals surface area contributed by atoms with Gasteiger partial charge in [0.1, 0.15) is 5.75 Å².